The van der Waals surface area contributed by atoms with E-state index < -0.39 is 72.6 Å². The van der Waals surface area contributed by atoms with Gasteiger partial charge in [-0.1, -0.05) is 0 Å². The molecule has 16 nitrogen and oxygen atoms in total. The van der Waals surface area contributed by atoms with Gasteiger partial charge in [-0.05, 0) is 25.7 Å². The van der Waals surface area contributed by atoms with E-state index in [0.29, 0.717) is 12.8 Å². The summed E-state index contributed by atoms with van der Waals surface area (Å²) in [7, 11) is 0. The van der Waals surface area contributed by atoms with Crippen LogP contribution in [0.2, 0.25) is 0 Å². The molecule has 4 unspecified atom stereocenters. The lowest BCUT2D eigenvalue weighted by molar-refractivity contribution is -0.145. The van der Waals surface area contributed by atoms with Gasteiger partial charge in [0.05, 0.1) is 18.9 Å². The van der Waals surface area contributed by atoms with E-state index >= 15 is 0 Å². The Morgan fingerprint density at radius 2 is 1.66 bits per heavy atom. The van der Waals surface area contributed by atoms with Gasteiger partial charge < -0.3 is 48.7 Å². The molecule has 4 atom stereocenters. The van der Waals surface area contributed by atoms with E-state index in [9.17, 15) is 28.8 Å². The minimum Gasteiger partial charge on any atom is -0.481 e. The van der Waals surface area contributed by atoms with Crippen molar-refractivity contribution >= 4 is 41.5 Å². The van der Waals surface area contributed by atoms with Crippen molar-refractivity contribution in [1.82, 2.24) is 15.5 Å². The van der Waals surface area contributed by atoms with Crippen LogP contribution in [0.3, 0.4) is 0 Å². The van der Waals surface area contributed by atoms with Crippen LogP contribution in [-0.2, 0) is 28.8 Å². The topological polar surface area (TPSA) is 287 Å². The number of nitrogens with zero attached hydrogens (tertiary/aromatic N) is 2. The minimum atomic E-state index is -1.71. The fraction of sp³-hybridized carbons (Fsp3) is 0.632. The van der Waals surface area contributed by atoms with E-state index in [1.807, 2.05) is 5.32 Å². The Morgan fingerprint density at radius 1 is 1.00 bits per heavy atom. The molecule has 1 rings (SSSR count). The molecule has 1 heterocycles. The average molecular weight is 501 g/mol. The second kappa shape index (κ2) is 13.7. The van der Waals surface area contributed by atoms with Crippen LogP contribution in [0.25, 0.3) is 0 Å². The van der Waals surface area contributed by atoms with Crippen LogP contribution in [0.15, 0.2) is 4.99 Å². The molecular formula is C19H32N8O8. The van der Waals surface area contributed by atoms with Crippen LogP contribution < -0.4 is 33.6 Å². The first-order chi connectivity index (χ1) is 16.3. The Morgan fingerprint density at radius 3 is 2.20 bits per heavy atom. The van der Waals surface area contributed by atoms with Crippen LogP contribution in [0, 0.1) is 0 Å². The molecule has 0 aromatic rings. The second-order valence-electron chi connectivity index (χ2n) is 7.97. The lowest BCUT2D eigenvalue weighted by Crippen LogP contribution is -2.57. The number of nitrogens with two attached hydrogens (primary N) is 4. The maximum absolute atomic E-state index is 12.9. The summed E-state index contributed by atoms with van der Waals surface area (Å²) in [6.07, 6.45) is -0.210. The summed E-state index contributed by atoms with van der Waals surface area (Å²) < 4.78 is 0. The Bertz CT molecular complexity index is 860. The molecule has 0 bridgehead atoms. The van der Waals surface area contributed by atoms with Gasteiger partial charge in [0.2, 0.25) is 23.6 Å². The molecule has 0 radical (unpaired) electrons. The molecule has 1 aliphatic rings. The van der Waals surface area contributed by atoms with Crippen molar-refractivity contribution in [1.29, 1.82) is 0 Å². The molecule has 196 valence electrons. The minimum absolute atomic E-state index is 0.0922. The van der Waals surface area contributed by atoms with Crippen molar-refractivity contribution in [2.24, 2.45) is 27.9 Å². The van der Waals surface area contributed by atoms with Gasteiger partial charge in [-0.3, -0.25) is 29.0 Å². The van der Waals surface area contributed by atoms with Crippen LogP contribution in [-0.4, -0.2) is 93.9 Å². The summed E-state index contributed by atoms with van der Waals surface area (Å²) >= 11 is 0. The van der Waals surface area contributed by atoms with Gasteiger partial charge in [0.15, 0.2) is 5.96 Å². The third-order valence-corrected chi connectivity index (χ3v) is 5.15. The Labute approximate surface area is 200 Å². The number of aliphatic carboxylic acids is 2. The average Bonchev–Trinajstić information content (AvgIpc) is 3.24. The number of aliphatic imine (C=N–C) groups is 1. The van der Waals surface area contributed by atoms with E-state index in [2.05, 4.69) is 10.3 Å². The number of carbonyl (C=O) groups excluding carboxylic acids is 4. The molecule has 12 N–H and O–H groups in total. The number of hydrogen-bond acceptors (Lipinski definition) is 8. The van der Waals surface area contributed by atoms with Crippen molar-refractivity contribution in [3.63, 3.8) is 0 Å². The van der Waals surface area contributed by atoms with Gasteiger partial charge in [-0.15, -0.1) is 0 Å². The van der Waals surface area contributed by atoms with Crippen molar-refractivity contribution in [2.75, 3.05) is 13.1 Å². The molecule has 1 fully saturated rings. The quantitative estimate of drug-likeness (QED) is 0.0642. The highest BCUT2D eigenvalue weighted by atomic mass is 16.4. The molecule has 0 aromatic heterocycles. The molecular weight excluding hydrogens is 468 g/mol. The zero-order valence-electron chi connectivity index (χ0n) is 19.0. The Balaban J connectivity index is 2.86. The molecule has 0 spiro atoms. The molecule has 0 aliphatic carbocycles. The highest BCUT2D eigenvalue weighted by molar-refractivity contribution is 5.96. The van der Waals surface area contributed by atoms with E-state index in [1.54, 1.807) is 0 Å². The third-order valence-electron chi connectivity index (χ3n) is 5.15. The standard InChI is InChI=1S/C19H32N8O8/c20-9(3-1-5-24-19(22)23)17(33)27-6-2-4-12(27)16(32)25-10(8-14(29)30)15(31)26-11(18(34)35)7-13(21)28/h9-12H,1-8,20H2,(H2,21,28)(H,25,32)(H,26,31)(H,29,30)(H,34,35)(H4,22,23,24). The highest BCUT2D eigenvalue weighted by Crippen LogP contribution is 2.19. The smallest absolute Gasteiger partial charge is 0.326 e. The largest absolute Gasteiger partial charge is 0.481 e. The molecule has 4 amide bonds. The SMILES string of the molecule is NC(=O)CC(NC(=O)C(CC(=O)O)NC(=O)C1CCCN1C(=O)C(N)CCCN=C(N)N)C(=O)O. The van der Waals surface area contributed by atoms with Gasteiger partial charge in [0.1, 0.15) is 18.1 Å². The predicted molar refractivity (Wildman–Crippen MR) is 120 cm³/mol. The normalized spacial score (nSPS) is 17.5. The van der Waals surface area contributed by atoms with Gasteiger partial charge in [0.25, 0.3) is 0 Å². The van der Waals surface area contributed by atoms with Gasteiger partial charge >= 0.3 is 11.9 Å². The van der Waals surface area contributed by atoms with Crippen LogP contribution in [0.4, 0.5) is 0 Å². The monoisotopic (exact) mass is 500 g/mol. The number of likely N-dealkylation sites (tertiary alicyclic amines) is 1. The molecule has 0 saturated carbocycles. The summed E-state index contributed by atoms with van der Waals surface area (Å²) in [5, 5.41) is 22.5. The predicted octanol–water partition coefficient (Wildman–Crippen LogP) is -4.24. The molecule has 0 aromatic carbocycles. The summed E-state index contributed by atoms with van der Waals surface area (Å²) in [6, 6.07) is -5.31. The van der Waals surface area contributed by atoms with E-state index in [0.717, 1.165) is 0 Å². The van der Waals surface area contributed by atoms with Crippen LogP contribution in [0.1, 0.15) is 38.5 Å². The number of nitrogens with one attached hydrogen (secondary N) is 2. The zero-order chi connectivity index (χ0) is 26.7. The van der Waals surface area contributed by atoms with E-state index in [-0.39, 0.29) is 31.9 Å². The molecule has 16 heteroatoms. The molecule has 1 aliphatic heterocycles. The second-order valence-corrected chi connectivity index (χ2v) is 7.97. The van der Waals surface area contributed by atoms with E-state index in [4.69, 9.17) is 33.1 Å². The summed E-state index contributed by atoms with van der Waals surface area (Å²) in [6.45, 7) is 0.500. The number of guanidine groups is 1. The molecule has 35 heavy (non-hydrogen) atoms. The van der Waals surface area contributed by atoms with E-state index in [1.165, 1.54) is 4.90 Å². The Kier molecular flexibility index (Phi) is 11.4. The number of primary amides is 1. The lowest BCUT2D eigenvalue weighted by atomic mass is 10.1. The van der Waals surface area contributed by atoms with Gasteiger partial charge in [-0.25, -0.2) is 4.79 Å². The number of carbonyl (C=O) groups is 6. The zero-order valence-corrected chi connectivity index (χ0v) is 19.0. The lowest BCUT2D eigenvalue weighted by Gasteiger charge is -2.28. The first kappa shape index (κ1) is 29.1. The maximum Gasteiger partial charge on any atom is 0.326 e. The number of rotatable bonds is 14. The summed E-state index contributed by atoms with van der Waals surface area (Å²) in [5.74, 6) is -6.56. The van der Waals surface area contributed by atoms with Crippen molar-refractivity contribution < 1.29 is 39.0 Å². The number of carboxylic acid groups (broad SMARTS) is 2. The third kappa shape index (κ3) is 9.83. The number of hydrogen-bond donors (Lipinski definition) is 8. The fourth-order valence-corrected chi connectivity index (χ4v) is 3.48. The van der Waals surface area contributed by atoms with Crippen molar-refractivity contribution in [3.8, 4) is 0 Å². The first-order valence-electron chi connectivity index (χ1n) is 10.8. The first-order valence-corrected chi connectivity index (χ1v) is 10.8. The maximum atomic E-state index is 12.9. The number of carboxylic acids is 2. The summed E-state index contributed by atoms with van der Waals surface area (Å²) in [4.78, 5) is 76.7. The van der Waals surface area contributed by atoms with Crippen LogP contribution in [0.5, 0.6) is 0 Å². The van der Waals surface area contributed by atoms with Gasteiger partial charge in [0, 0.05) is 13.1 Å². The molecule has 1 saturated heterocycles. The van der Waals surface area contributed by atoms with Crippen molar-refractivity contribution in [3.05, 3.63) is 0 Å². The van der Waals surface area contributed by atoms with Crippen LogP contribution >= 0.6 is 0 Å². The van der Waals surface area contributed by atoms with Gasteiger partial charge in [-0.2, -0.15) is 0 Å². The number of amides is 4. The summed E-state index contributed by atoms with van der Waals surface area (Å²) in [5.41, 5.74) is 21.4. The fourth-order valence-electron chi connectivity index (χ4n) is 3.48. The highest BCUT2D eigenvalue weighted by Gasteiger charge is 2.38. The Hall–Kier alpha value is -3.95. The van der Waals surface area contributed by atoms with Crippen molar-refractivity contribution in [2.45, 2.75) is 62.7 Å².